The number of ether oxygens (including phenoxy) is 1. The zero-order chi connectivity index (χ0) is 15.2. The highest BCUT2D eigenvalue weighted by atomic mass is 79.9. The lowest BCUT2D eigenvalue weighted by molar-refractivity contribution is 0.128. The van der Waals surface area contributed by atoms with E-state index in [0.717, 1.165) is 16.8 Å². The van der Waals surface area contributed by atoms with Crippen molar-refractivity contribution in [3.8, 4) is 0 Å². The Morgan fingerprint density at radius 1 is 1.29 bits per heavy atom. The molecule has 0 unspecified atom stereocenters. The number of rotatable bonds is 6. The molecule has 0 spiro atoms. The van der Waals surface area contributed by atoms with Crippen LogP contribution in [-0.4, -0.2) is 23.6 Å². The van der Waals surface area contributed by atoms with Gasteiger partial charge in [-0.15, -0.1) is 0 Å². The Morgan fingerprint density at radius 2 is 2.10 bits per heavy atom. The average Bonchev–Trinajstić information content (AvgIpc) is 2.44. The number of nitrogens with zero attached hydrogens (tertiary/aromatic N) is 3. The molecule has 0 saturated carbocycles. The first kappa shape index (κ1) is 16.2. The van der Waals surface area contributed by atoms with Crippen LogP contribution in [-0.2, 0) is 17.9 Å². The molecule has 1 aromatic heterocycles. The zero-order valence-corrected chi connectivity index (χ0v) is 14.4. The van der Waals surface area contributed by atoms with Crippen molar-refractivity contribution in [2.75, 3.05) is 18.6 Å². The van der Waals surface area contributed by atoms with Gasteiger partial charge in [-0.2, -0.15) is 0 Å². The van der Waals surface area contributed by atoms with Crippen molar-refractivity contribution in [2.45, 2.75) is 20.1 Å². The molecule has 1 heterocycles. The normalized spacial score (nSPS) is 10.7. The summed E-state index contributed by atoms with van der Waals surface area (Å²) < 4.78 is 6.40. The summed E-state index contributed by atoms with van der Waals surface area (Å²) in [5.74, 6) is 1.38. The number of anilines is 1. The Morgan fingerprint density at radius 3 is 2.81 bits per heavy atom. The van der Waals surface area contributed by atoms with E-state index in [4.69, 9.17) is 16.3 Å². The third-order valence-electron chi connectivity index (χ3n) is 2.86. The third-order valence-corrected chi connectivity index (χ3v) is 3.55. The van der Waals surface area contributed by atoms with Crippen molar-refractivity contribution in [2.24, 2.45) is 0 Å². The van der Waals surface area contributed by atoms with E-state index in [1.54, 1.807) is 6.07 Å². The van der Waals surface area contributed by atoms with Gasteiger partial charge in [0.1, 0.15) is 17.6 Å². The van der Waals surface area contributed by atoms with E-state index in [1.807, 2.05) is 31.0 Å². The van der Waals surface area contributed by atoms with E-state index in [1.165, 1.54) is 5.56 Å². The van der Waals surface area contributed by atoms with Crippen molar-refractivity contribution in [1.29, 1.82) is 0 Å². The Balaban J connectivity index is 2.14. The summed E-state index contributed by atoms with van der Waals surface area (Å²) in [6, 6.07) is 9.94. The largest absolute Gasteiger partial charge is 0.374 e. The highest BCUT2D eigenvalue weighted by molar-refractivity contribution is 9.10. The van der Waals surface area contributed by atoms with Gasteiger partial charge in [-0.3, -0.25) is 0 Å². The quantitative estimate of drug-likeness (QED) is 0.719. The lowest BCUT2D eigenvalue weighted by Gasteiger charge is -2.19. The van der Waals surface area contributed by atoms with Gasteiger partial charge < -0.3 is 9.64 Å². The summed E-state index contributed by atoms with van der Waals surface area (Å²) in [7, 11) is 1.98. The first-order valence-corrected chi connectivity index (χ1v) is 7.82. The fourth-order valence-corrected chi connectivity index (χ4v) is 2.54. The summed E-state index contributed by atoms with van der Waals surface area (Å²) in [5.41, 5.74) is 1.19. The van der Waals surface area contributed by atoms with E-state index >= 15 is 0 Å². The lowest BCUT2D eigenvalue weighted by atomic mass is 10.2. The molecule has 0 bridgehead atoms. The Kier molecular flexibility index (Phi) is 5.96. The SMILES string of the molecule is CCOCc1nc(Cl)cc(N(C)Cc2cccc(Br)c2)n1. The predicted molar refractivity (Wildman–Crippen MR) is 88.6 cm³/mol. The van der Waals surface area contributed by atoms with E-state index in [0.29, 0.717) is 24.2 Å². The monoisotopic (exact) mass is 369 g/mol. The van der Waals surface area contributed by atoms with Crippen LogP contribution in [0.2, 0.25) is 5.15 Å². The minimum Gasteiger partial charge on any atom is -0.374 e. The molecular formula is C15H17BrClN3O. The van der Waals surface area contributed by atoms with Crippen LogP contribution in [0.3, 0.4) is 0 Å². The molecule has 2 aromatic rings. The van der Waals surface area contributed by atoms with Crippen LogP contribution in [0.15, 0.2) is 34.8 Å². The smallest absolute Gasteiger partial charge is 0.158 e. The van der Waals surface area contributed by atoms with Crippen molar-refractivity contribution in [1.82, 2.24) is 9.97 Å². The molecule has 21 heavy (non-hydrogen) atoms. The number of hydrogen-bond acceptors (Lipinski definition) is 4. The summed E-state index contributed by atoms with van der Waals surface area (Å²) in [6.07, 6.45) is 0. The first-order valence-electron chi connectivity index (χ1n) is 6.65. The van der Waals surface area contributed by atoms with Crippen LogP contribution in [0.25, 0.3) is 0 Å². The molecule has 4 nitrogen and oxygen atoms in total. The second-order valence-electron chi connectivity index (χ2n) is 4.59. The van der Waals surface area contributed by atoms with E-state index in [9.17, 15) is 0 Å². The molecule has 0 N–H and O–H groups in total. The van der Waals surface area contributed by atoms with Gasteiger partial charge in [0.05, 0.1) is 0 Å². The van der Waals surface area contributed by atoms with Gasteiger partial charge in [-0.25, -0.2) is 9.97 Å². The fourth-order valence-electron chi connectivity index (χ4n) is 1.90. The van der Waals surface area contributed by atoms with Crippen molar-refractivity contribution in [3.63, 3.8) is 0 Å². The van der Waals surface area contributed by atoms with Crippen LogP contribution in [0, 0.1) is 0 Å². The predicted octanol–water partition coefficient (Wildman–Crippen LogP) is 4.07. The maximum Gasteiger partial charge on any atom is 0.158 e. The van der Waals surface area contributed by atoms with Crippen LogP contribution < -0.4 is 4.90 Å². The zero-order valence-electron chi connectivity index (χ0n) is 12.0. The maximum absolute atomic E-state index is 6.06. The molecule has 0 fully saturated rings. The lowest BCUT2D eigenvalue weighted by Crippen LogP contribution is -2.18. The van der Waals surface area contributed by atoms with Crippen LogP contribution >= 0.6 is 27.5 Å². The van der Waals surface area contributed by atoms with Crippen LogP contribution in [0.1, 0.15) is 18.3 Å². The molecule has 0 amide bonds. The molecule has 2 rings (SSSR count). The summed E-state index contributed by atoms with van der Waals surface area (Å²) in [6.45, 7) is 3.67. The minimum atomic E-state index is 0.370. The molecule has 112 valence electrons. The van der Waals surface area contributed by atoms with Gasteiger partial charge in [0.25, 0.3) is 0 Å². The summed E-state index contributed by atoms with van der Waals surface area (Å²) in [5, 5.41) is 0.427. The summed E-state index contributed by atoms with van der Waals surface area (Å²) in [4.78, 5) is 10.7. The maximum atomic E-state index is 6.06. The topological polar surface area (TPSA) is 38.2 Å². The van der Waals surface area contributed by atoms with Gasteiger partial charge in [0.15, 0.2) is 5.82 Å². The van der Waals surface area contributed by atoms with Gasteiger partial charge in [0, 0.05) is 30.7 Å². The molecule has 1 aromatic carbocycles. The molecule has 6 heteroatoms. The highest BCUT2D eigenvalue weighted by Crippen LogP contribution is 2.19. The van der Waals surface area contributed by atoms with Crippen molar-refractivity contribution < 1.29 is 4.74 Å². The Hall–Kier alpha value is -1.17. The molecule has 0 atom stereocenters. The summed E-state index contributed by atoms with van der Waals surface area (Å²) >= 11 is 9.54. The van der Waals surface area contributed by atoms with Crippen molar-refractivity contribution >= 4 is 33.3 Å². The fraction of sp³-hybridized carbons (Fsp3) is 0.333. The Labute approximate surface area is 138 Å². The van der Waals surface area contributed by atoms with Crippen LogP contribution in [0.5, 0.6) is 0 Å². The number of halogens is 2. The standard InChI is InChI=1S/C15H17BrClN3O/c1-3-21-10-14-18-13(17)8-15(19-14)20(2)9-11-5-4-6-12(16)7-11/h4-8H,3,9-10H2,1-2H3. The van der Waals surface area contributed by atoms with E-state index < -0.39 is 0 Å². The molecule has 0 aliphatic rings. The first-order chi connectivity index (χ1) is 10.1. The Bertz CT molecular complexity index is 609. The van der Waals surface area contributed by atoms with E-state index in [-0.39, 0.29) is 0 Å². The second-order valence-corrected chi connectivity index (χ2v) is 5.89. The third kappa shape index (κ3) is 4.95. The second kappa shape index (κ2) is 7.73. The molecule has 0 radical (unpaired) electrons. The van der Waals surface area contributed by atoms with Gasteiger partial charge in [-0.05, 0) is 24.6 Å². The van der Waals surface area contributed by atoms with Gasteiger partial charge >= 0.3 is 0 Å². The number of aromatic nitrogens is 2. The molecular weight excluding hydrogens is 354 g/mol. The van der Waals surface area contributed by atoms with Gasteiger partial charge in [-0.1, -0.05) is 39.7 Å². The van der Waals surface area contributed by atoms with Crippen molar-refractivity contribution in [3.05, 3.63) is 51.3 Å². The molecule has 0 aliphatic carbocycles. The minimum absolute atomic E-state index is 0.370. The average molecular weight is 371 g/mol. The molecule has 0 saturated heterocycles. The molecule has 0 aliphatic heterocycles. The number of benzene rings is 1. The van der Waals surface area contributed by atoms with Crippen LogP contribution in [0.4, 0.5) is 5.82 Å². The van der Waals surface area contributed by atoms with E-state index in [2.05, 4.69) is 38.0 Å². The highest BCUT2D eigenvalue weighted by Gasteiger charge is 2.08. The van der Waals surface area contributed by atoms with Gasteiger partial charge in [0.2, 0.25) is 0 Å². The number of hydrogen-bond donors (Lipinski definition) is 0.